The van der Waals surface area contributed by atoms with Crippen molar-refractivity contribution in [3.63, 3.8) is 0 Å². The molecule has 1 unspecified atom stereocenters. The molecule has 0 aromatic heterocycles. The van der Waals surface area contributed by atoms with E-state index in [0.717, 1.165) is 10.0 Å². The molecule has 2 N–H and O–H groups in total. The Labute approximate surface area is 133 Å². The van der Waals surface area contributed by atoms with E-state index in [2.05, 4.69) is 84.4 Å². The van der Waals surface area contributed by atoms with Gasteiger partial charge in [0.1, 0.15) is 0 Å². The Morgan fingerprint density at radius 1 is 0.952 bits per heavy atom. The van der Waals surface area contributed by atoms with E-state index in [9.17, 15) is 0 Å². The second kappa shape index (κ2) is 5.63. The number of halogens is 1. The van der Waals surface area contributed by atoms with Crippen molar-refractivity contribution in [3.8, 4) is 0 Å². The number of nitrogens with two attached hydrogens (primary N) is 1. The molecule has 0 amide bonds. The zero-order valence-electron chi connectivity index (χ0n) is 12.2. The number of hydrogen-bond donors (Lipinski definition) is 1. The zero-order chi connectivity index (χ0) is 15.0. The van der Waals surface area contributed by atoms with Crippen LogP contribution in [0.5, 0.6) is 0 Å². The van der Waals surface area contributed by atoms with E-state index in [1.54, 1.807) is 0 Å². The molecular weight excluding hydrogens is 322 g/mol. The Balaban J connectivity index is 2.21. The molecule has 0 saturated heterocycles. The van der Waals surface area contributed by atoms with Gasteiger partial charge in [-0.2, -0.15) is 0 Å². The molecule has 0 aliphatic rings. The molecule has 106 valence electrons. The third kappa shape index (κ3) is 2.74. The Kier molecular flexibility index (Phi) is 3.83. The van der Waals surface area contributed by atoms with Crippen LogP contribution in [-0.4, -0.2) is 0 Å². The summed E-state index contributed by atoms with van der Waals surface area (Å²) in [6.07, 6.45) is 0. The molecule has 21 heavy (non-hydrogen) atoms. The SMILES string of the molecule is Cc1cc(Br)cc(C(N)c2c(C)ccc3ccccc23)c1. The van der Waals surface area contributed by atoms with E-state index >= 15 is 0 Å². The zero-order valence-corrected chi connectivity index (χ0v) is 13.8. The summed E-state index contributed by atoms with van der Waals surface area (Å²) < 4.78 is 1.07. The highest BCUT2D eigenvalue weighted by atomic mass is 79.9. The van der Waals surface area contributed by atoms with Gasteiger partial charge in [0.25, 0.3) is 0 Å². The van der Waals surface area contributed by atoms with Gasteiger partial charge in [0.15, 0.2) is 0 Å². The van der Waals surface area contributed by atoms with Crippen molar-refractivity contribution in [1.82, 2.24) is 0 Å². The Morgan fingerprint density at radius 3 is 2.48 bits per heavy atom. The van der Waals surface area contributed by atoms with Crippen LogP contribution < -0.4 is 5.73 Å². The molecule has 0 aliphatic carbocycles. The molecule has 3 aromatic carbocycles. The van der Waals surface area contributed by atoms with Crippen LogP contribution in [0.3, 0.4) is 0 Å². The maximum Gasteiger partial charge on any atom is 0.0560 e. The van der Waals surface area contributed by atoms with Gasteiger partial charge in [-0.3, -0.25) is 0 Å². The number of hydrogen-bond acceptors (Lipinski definition) is 1. The number of benzene rings is 3. The molecule has 0 heterocycles. The van der Waals surface area contributed by atoms with Crippen molar-refractivity contribution in [2.24, 2.45) is 5.73 Å². The standard InChI is InChI=1S/C19H18BrN/c1-12-9-15(11-16(20)10-12)19(21)18-13(2)7-8-14-5-3-4-6-17(14)18/h3-11,19H,21H2,1-2H3. The summed E-state index contributed by atoms with van der Waals surface area (Å²) in [6, 6.07) is 19.0. The van der Waals surface area contributed by atoms with Gasteiger partial charge in [0, 0.05) is 4.47 Å². The third-order valence-electron chi connectivity index (χ3n) is 3.92. The topological polar surface area (TPSA) is 26.0 Å². The van der Waals surface area contributed by atoms with Crippen LogP contribution >= 0.6 is 15.9 Å². The summed E-state index contributed by atoms with van der Waals surface area (Å²) in [4.78, 5) is 0. The van der Waals surface area contributed by atoms with Crippen molar-refractivity contribution in [2.75, 3.05) is 0 Å². The van der Waals surface area contributed by atoms with Crippen LogP contribution in [0.2, 0.25) is 0 Å². The first kappa shape index (κ1) is 14.3. The number of aryl methyl sites for hydroxylation is 2. The predicted molar refractivity (Wildman–Crippen MR) is 93.6 cm³/mol. The molecule has 2 heteroatoms. The minimum atomic E-state index is -0.118. The van der Waals surface area contributed by atoms with Gasteiger partial charge < -0.3 is 5.73 Å². The minimum absolute atomic E-state index is 0.118. The largest absolute Gasteiger partial charge is 0.320 e. The summed E-state index contributed by atoms with van der Waals surface area (Å²) in [5.41, 5.74) is 11.4. The molecule has 0 aliphatic heterocycles. The van der Waals surface area contributed by atoms with E-state index in [1.807, 2.05) is 0 Å². The summed E-state index contributed by atoms with van der Waals surface area (Å²) in [5.74, 6) is 0. The van der Waals surface area contributed by atoms with Crippen LogP contribution in [0.1, 0.15) is 28.3 Å². The maximum atomic E-state index is 6.60. The van der Waals surface area contributed by atoms with E-state index in [0.29, 0.717) is 0 Å². The fourth-order valence-corrected chi connectivity index (χ4v) is 3.55. The number of fused-ring (bicyclic) bond motifs is 1. The molecule has 1 atom stereocenters. The first-order chi connectivity index (χ1) is 10.1. The molecule has 0 saturated carbocycles. The Bertz CT molecular complexity index is 788. The first-order valence-electron chi connectivity index (χ1n) is 7.07. The van der Waals surface area contributed by atoms with Crippen LogP contribution in [0.25, 0.3) is 10.8 Å². The van der Waals surface area contributed by atoms with Gasteiger partial charge in [-0.1, -0.05) is 58.4 Å². The molecule has 0 spiro atoms. The van der Waals surface area contributed by atoms with Crippen molar-refractivity contribution >= 4 is 26.7 Å². The highest BCUT2D eigenvalue weighted by Gasteiger charge is 2.15. The second-order valence-electron chi connectivity index (χ2n) is 5.56. The predicted octanol–water partition coefficient (Wildman–Crippen LogP) is 5.27. The van der Waals surface area contributed by atoms with Crippen molar-refractivity contribution in [1.29, 1.82) is 0 Å². The first-order valence-corrected chi connectivity index (χ1v) is 7.86. The second-order valence-corrected chi connectivity index (χ2v) is 6.47. The average Bonchev–Trinajstić information content (AvgIpc) is 2.45. The third-order valence-corrected chi connectivity index (χ3v) is 4.38. The van der Waals surface area contributed by atoms with Crippen molar-refractivity contribution in [3.05, 3.63) is 81.3 Å². The molecule has 3 aromatic rings. The Morgan fingerprint density at radius 2 is 1.71 bits per heavy atom. The smallest absolute Gasteiger partial charge is 0.0560 e. The van der Waals surface area contributed by atoms with Gasteiger partial charge >= 0.3 is 0 Å². The molecular formula is C19H18BrN. The van der Waals surface area contributed by atoms with Crippen LogP contribution in [0, 0.1) is 13.8 Å². The molecule has 1 nitrogen and oxygen atoms in total. The summed E-state index contributed by atoms with van der Waals surface area (Å²) in [7, 11) is 0. The lowest BCUT2D eigenvalue weighted by Crippen LogP contribution is -2.14. The van der Waals surface area contributed by atoms with E-state index in [1.165, 1.54) is 27.5 Å². The van der Waals surface area contributed by atoms with Gasteiger partial charge in [0.05, 0.1) is 6.04 Å². The van der Waals surface area contributed by atoms with E-state index < -0.39 is 0 Å². The van der Waals surface area contributed by atoms with Crippen LogP contribution in [-0.2, 0) is 0 Å². The monoisotopic (exact) mass is 339 g/mol. The van der Waals surface area contributed by atoms with Crippen LogP contribution in [0.4, 0.5) is 0 Å². The lowest BCUT2D eigenvalue weighted by atomic mass is 9.90. The summed E-state index contributed by atoms with van der Waals surface area (Å²) >= 11 is 3.57. The molecule has 3 rings (SSSR count). The van der Waals surface area contributed by atoms with Crippen molar-refractivity contribution < 1.29 is 0 Å². The fourth-order valence-electron chi connectivity index (χ4n) is 2.93. The van der Waals surface area contributed by atoms with Gasteiger partial charge in [-0.05, 0) is 59.0 Å². The van der Waals surface area contributed by atoms with E-state index in [4.69, 9.17) is 5.73 Å². The molecule has 0 radical (unpaired) electrons. The van der Waals surface area contributed by atoms with Gasteiger partial charge in [-0.25, -0.2) is 0 Å². The summed E-state index contributed by atoms with van der Waals surface area (Å²) in [5, 5.41) is 2.47. The minimum Gasteiger partial charge on any atom is -0.320 e. The molecule has 0 fully saturated rings. The van der Waals surface area contributed by atoms with Gasteiger partial charge in [-0.15, -0.1) is 0 Å². The van der Waals surface area contributed by atoms with Crippen LogP contribution in [0.15, 0.2) is 59.1 Å². The Hall–Kier alpha value is -1.64. The van der Waals surface area contributed by atoms with E-state index in [-0.39, 0.29) is 6.04 Å². The van der Waals surface area contributed by atoms with Crippen molar-refractivity contribution in [2.45, 2.75) is 19.9 Å². The highest BCUT2D eigenvalue weighted by Crippen LogP contribution is 2.31. The number of rotatable bonds is 2. The highest BCUT2D eigenvalue weighted by molar-refractivity contribution is 9.10. The molecule has 0 bridgehead atoms. The quantitative estimate of drug-likeness (QED) is 0.676. The van der Waals surface area contributed by atoms with Gasteiger partial charge in [0.2, 0.25) is 0 Å². The normalized spacial score (nSPS) is 12.6. The summed E-state index contributed by atoms with van der Waals surface area (Å²) in [6.45, 7) is 4.23. The lowest BCUT2D eigenvalue weighted by Gasteiger charge is -2.19. The average molecular weight is 340 g/mol. The fraction of sp³-hybridized carbons (Fsp3) is 0.158. The maximum absolute atomic E-state index is 6.60. The lowest BCUT2D eigenvalue weighted by molar-refractivity contribution is 0.868.